The van der Waals surface area contributed by atoms with Crippen LogP contribution in [0.15, 0.2) is 11.6 Å². The van der Waals surface area contributed by atoms with Crippen LogP contribution in [0.2, 0.25) is 0 Å². The first kappa shape index (κ1) is 44.3. The van der Waals surface area contributed by atoms with Crippen molar-refractivity contribution in [3.63, 3.8) is 0 Å². The largest absolute Gasteiger partial charge is 0.481 e. The van der Waals surface area contributed by atoms with Gasteiger partial charge in [-0.1, -0.05) is 39.3 Å². The molecule has 0 aromatic rings. The molecule has 16 nitrogen and oxygen atoms in total. The first-order valence-electron chi connectivity index (χ1n) is 21.0. The number of ether oxygens (including phenoxy) is 5. The van der Waals surface area contributed by atoms with Crippen LogP contribution in [-0.2, 0) is 33.3 Å². The Kier molecular flexibility index (Phi) is 11.6. The van der Waals surface area contributed by atoms with Crippen LogP contribution in [0.3, 0.4) is 0 Å². The van der Waals surface area contributed by atoms with Crippen LogP contribution >= 0.6 is 0 Å². The summed E-state index contributed by atoms with van der Waals surface area (Å²) in [6, 6.07) is 0. The van der Waals surface area contributed by atoms with Crippen molar-refractivity contribution in [2.45, 2.75) is 160 Å². The molecule has 330 valence electrons. The third-order valence-corrected chi connectivity index (χ3v) is 17.4. The molecule has 0 bridgehead atoms. The van der Waals surface area contributed by atoms with E-state index in [0.717, 1.165) is 12.0 Å². The van der Waals surface area contributed by atoms with Gasteiger partial charge >= 0.3 is 11.9 Å². The summed E-state index contributed by atoms with van der Waals surface area (Å²) in [4.78, 5) is 26.2. The number of carbonyl (C=O) groups excluding carboxylic acids is 1. The number of carboxylic acid groups (broad SMARTS) is 1. The second-order valence-corrected chi connectivity index (χ2v) is 20.1. The molecule has 2 aliphatic heterocycles. The molecule has 58 heavy (non-hydrogen) atoms. The Morgan fingerprint density at radius 1 is 0.810 bits per heavy atom. The molecule has 0 aromatic heterocycles. The molecule has 7 aliphatic rings. The number of methoxy groups -OCH3 is 1. The topological polar surface area (TPSA) is 262 Å². The van der Waals surface area contributed by atoms with Gasteiger partial charge in [-0.2, -0.15) is 0 Å². The minimum atomic E-state index is -1.73. The smallest absolute Gasteiger partial charge is 0.311 e. The molecule has 16 heteroatoms. The lowest BCUT2D eigenvalue weighted by atomic mass is 9.33. The molecule has 7 rings (SSSR count). The van der Waals surface area contributed by atoms with Crippen molar-refractivity contribution in [1.82, 2.24) is 0 Å². The fraction of sp³-hybridized carbons (Fsp3) is 0.905. The van der Waals surface area contributed by atoms with Crippen LogP contribution in [-0.4, -0.2) is 152 Å². The maximum Gasteiger partial charge on any atom is 0.311 e. The van der Waals surface area contributed by atoms with E-state index in [9.17, 15) is 55.5 Å². The molecule has 0 aromatic carbocycles. The maximum atomic E-state index is 13.2. The number of esters is 1. The Morgan fingerprint density at radius 2 is 1.48 bits per heavy atom. The molecule has 0 unspecified atom stereocenters. The van der Waals surface area contributed by atoms with Crippen molar-refractivity contribution in [2.24, 2.45) is 50.2 Å². The zero-order chi connectivity index (χ0) is 42.5. The van der Waals surface area contributed by atoms with Crippen molar-refractivity contribution in [2.75, 3.05) is 26.9 Å². The predicted molar refractivity (Wildman–Crippen MR) is 201 cm³/mol. The molecule has 20 atom stereocenters. The zero-order valence-electron chi connectivity index (χ0n) is 34.5. The highest BCUT2D eigenvalue weighted by Gasteiger charge is 2.71. The van der Waals surface area contributed by atoms with Gasteiger partial charge in [0.15, 0.2) is 12.6 Å². The second kappa shape index (κ2) is 15.2. The number of carbonyl (C=O) groups is 2. The van der Waals surface area contributed by atoms with Gasteiger partial charge in [0.05, 0.1) is 50.0 Å². The third kappa shape index (κ3) is 6.29. The fourth-order valence-electron chi connectivity index (χ4n) is 13.8. The second-order valence-electron chi connectivity index (χ2n) is 20.1. The summed E-state index contributed by atoms with van der Waals surface area (Å²) in [6.45, 7) is 9.16. The highest BCUT2D eigenvalue weighted by molar-refractivity contribution is 5.80. The molecule has 9 N–H and O–H groups in total. The van der Waals surface area contributed by atoms with Gasteiger partial charge in [0, 0.05) is 5.41 Å². The lowest BCUT2D eigenvalue weighted by molar-refractivity contribution is -0.357. The summed E-state index contributed by atoms with van der Waals surface area (Å²) in [7, 11) is 1.38. The molecule has 6 fully saturated rings. The van der Waals surface area contributed by atoms with Crippen LogP contribution in [0.25, 0.3) is 0 Å². The van der Waals surface area contributed by atoms with Gasteiger partial charge in [-0.15, -0.1) is 0 Å². The molecular formula is C42H66O16. The van der Waals surface area contributed by atoms with Gasteiger partial charge in [0.1, 0.15) is 42.7 Å². The quantitative estimate of drug-likeness (QED) is 0.0923. The van der Waals surface area contributed by atoms with E-state index in [1.54, 1.807) is 0 Å². The number of fused-ring (bicyclic) bond motifs is 7. The van der Waals surface area contributed by atoms with Crippen LogP contribution in [0.4, 0.5) is 0 Å². The molecule has 0 radical (unpaired) electrons. The fourth-order valence-corrected chi connectivity index (χ4v) is 13.8. The average Bonchev–Trinajstić information content (AvgIpc) is 3.18. The summed E-state index contributed by atoms with van der Waals surface area (Å²) in [5.74, 6) is -1.57. The highest BCUT2D eigenvalue weighted by Crippen LogP contribution is 2.76. The minimum absolute atomic E-state index is 0.0422. The van der Waals surface area contributed by atoms with Gasteiger partial charge in [0.25, 0.3) is 0 Å². The number of aliphatic carboxylic acids is 1. The Bertz CT molecular complexity index is 1610. The van der Waals surface area contributed by atoms with Crippen molar-refractivity contribution >= 4 is 11.9 Å². The van der Waals surface area contributed by atoms with Crippen LogP contribution in [0.5, 0.6) is 0 Å². The summed E-state index contributed by atoms with van der Waals surface area (Å²) in [5, 5.41) is 96.7. The van der Waals surface area contributed by atoms with Gasteiger partial charge in [-0.3, -0.25) is 9.59 Å². The van der Waals surface area contributed by atoms with E-state index in [1.165, 1.54) is 7.11 Å². The van der Waals surface area contributed by atoms with E-state index in [4.69, 9.17) is 23.7 Å². The molecule has 2 saturated heterocycles. The number of hydrogen-bond donors (Lipinski definition) is 9. The van der Waals surface area contributed by atoms with Crippen molar-refractivity contribution in [3.05, 3.63) is 11.6 Å². The average molecular weight is 827 g/mol. The van der Waals surface area contributed by atoms with Gasteiger partial charge in [-0.25, -0.2) is 0 Å². The first-order valence-corrected chi connectivity index (χ1v) is 21.0. The molecule has 5 aliphatic carbocycles. The number of hydrogen-bond acceptors (Lipinski definition) is 15. The highest BCUT2D eigenvalue weighted by atomic mass is 16.7. The summed E-state index contributed by atoms with van der Waals surface area (Å²) < 4.78 is 28.5. The monoisotopic (exact) mass is 826 g/mol. The summed E-state index contributed by atoms with van der Waals surface area (Å²) in [6.07, 6.45) is -8.96. The summed E-state index contributed by atoms with van der Waals surface area (Å²) >= 11 is 0. The van der Waals surface area contributed by atoms with E-state index in [2.05, 4.69) is 26.8 Å². The summed E-state index contributed by atoms with van der Waals surface area (Å²) in [5.41, 5.74) is -2.86. The number of rotatable bonds is 8. The first-order chi connectivity index (χ1) is 27.1. The van der Waals surface area contributed by atoms with Crippen LogP contribution in [0.1, 0.15) is 92.4 Å². The van der Waals surface area contributed by atoms with Crippen LogP contribution in [0, 0.1) is 50.2 Å². The number of carboxylic acids is 1. The Morgan fingerprint density at radius 3 is 2.12 bits per heavy atom. The molecule has 2 heterocycles. The number of aliphatic hydroxyl groups excluding tert-OH is 8. The van der Waals surface area contributed by atoms with Gasteiger partial charge in [0.2, 0.25) is 0 Å². The molecule has 0 spiro atoms. The SMILES string of the molecule is COC(=O)[C@@]1(C)CC[C@]2(C(=O)O)CC[C@]3(C)C(=CC[C@@H]4[C@@]5(C)C[C@@H](O)[C@@H](O[C@@H]6OC[C@@H](O[C@@H]7O[C@H](CO)[C@@H](O)[C@H](O)[C@H]7O)[C@H](O)[C@H]6O)[C@@](C)(CO)[C@H]5CC[C@]43C)[C@@H]2C1. The van der Waals surface area contributed by atoms with E-state index >= 15 is 0 Å². The number of aliphatic hydroxyl groups is 8. The van der Waals surface area contributed by atoms with Crippen molar-refractivity contribution in [1.29, 1.82) is 0 Å². The van der Waals surface area contributed by atoms with Crippen molar-refractivity contribution in [3.8, 4) is 0 Å². The van der Waals surface area contributed by atoms with Gasteiger partial charge in [-0.05, 0) is 98.7 Å². The Labute approximate surface area is 339 Å². The standard InChI is InChI=1S/C42H66O16/c1-37(36(53)54-6)11-13-42(35(51)52)14-12-40(4)20(21(42)15-37)7-8-26-38(2)16-22(45)32(39(3,19-44)25(38)9-10-41(26,40)5)58-33-30(49)28(47)24(18-55-33)57-34-31(50)29(48)27(46)23(17-43)56-34/h7,21-34,43-50H,8-19H2,1-6H3,(H,51,52)/t21-,22+,23+,24+,25-,26+,27+,28-,29-,30+,31+,32+,33-,34-,37-,38-,39-,40+,41+,42-/m0/s1. The normalized spacial score (nSPS) is 54.2. The lowest BCUT2D eigenvalue weighted by Gasteiger charge is -2.71. The molecular weight excluding hydrogens is 760 g/mol. The third-order valence-electron chi connectivity index (χ3n) is 17.4. The maximum absolute atomic E-state index is 13.2. The zero-order valence-corrected chi connectivity index (χ0v) is 34.5. The Hall–Kier alpha value is -1.80. The predicted octanol–water partition coefficient (Wildman–Crippen LogP) is 0.617. The Balaban J connectivity index is 1.11. The molecule has 4 saturated carbocycles. The minimum Gasteiger partial charge on any atom is -0.481 e. The van der Waals surface area contributed by atoms with E-state index in [1.807, 2.05) is 13.8 Å². The number of allylic oxidation sites excluding steroid dienone is 2. The van der Waals surface area contributed by atoms with Crippen molar-refractivity contribution < 1.29 is 79.2 Å². The van der Waals surface area contributed by atoms with Gasteiger partial charge < -0.3 is 69.6 Å². The van der Waals surface area contributed by atoms with Crippen LogP contribution < -0.4 is 0 Å². The molecule has 0 amide bonds. The van der Waals surface area contributed by atoms with E-state index < -0.39 is 102 Å². The van der Waals surface area contributed by atoms with E-state index in [0.29, 0.717) is 51.4 Å². The van der Waals surface area contributed by atoms with E-state index in [-0.39, 0.29) is 47.8 Å². The lowest BCUT2D eigenvalue weighted by Crippen LogP contribution is -2.69.